The van der Waals surface area contributed by atoms with Gasteiger partial charge in [0.05, 0.1) is 25.4 Å². The van der Waals surface area contributed by atoms with Crippen LogP contribution >= 0.6 is 24.4 Å². The number of phenolic OH excluding ortho intramolecular Hbond substituents is 2. The molecule has 0 saturated carbocycles. The average molecular weight is 1650 g/mol. The Hall–Kier alpha value is -10.8. The lowest BCUT2D eigenvalue weighted by atomic mass is 9.99. The number of guanidine groups is 1. The van der Waals surface area contributed by atoms with Crippen LogP contribution in [0.25, 0.3) is 0 Å². The number of aliphatic imine (C=N–C) groups is 1. The Bertz CT molecular complexity index is 3730. The first-order chi connectivity index (χ1) is 54.5. The number of benzene rings is 3. The lowest BCUT2D eigenvalue weighted by molar-refractivity contribution is -0.144. The molecule has 0 bridgehead atoms. The molecular weight excluding hydrogens is 1540 g/mol. The van der Waals surface area contributed by atoms with Gasteiger partial charge in [0.25, 0.3) is 0 Å². The van der Waals surface area contributed by atoms with Crippen molar-refractivity contribution in [2.45, 2.75) is 203 Å². The third-order valence-corrected chi connectivity index (χ3v) is 18.6. The standard InChI is InChI=1S/C75H114N18O20S2/c1-41(2)32-53(83-60(96)39-82-63(101)48(78)34-44-19-23-46(94)24-20-44)67(105)88-54(33-42(3)4)68(106)89-56(36-45-21-25-47(95)26-22-45)70(108)93-59(40-114)73(111)90-55(35-43-14-7-6-8-15-43)69(107)85-50(18-13-30-81-75(79)80)64(102)84-49(16-9-11-28-76)65(103)91-57(37-61(97)98)71(109)86-51(27-31-115-5)66(104)92-58(38-62(99)100)72(110)87-52(74(112)113)17-10-12-29-77/h6-8,14-15,19-26,41-42,48-59,94-95,114H,9-13,16-18,27-40,76-78H2,1-5H3,(H,82,101)(H,83,96)(H,84,102)(H,85,107)(H,86,109)(H,87,110)(H,88,105)(H,89,106)(H,90,111)(H,91,103)(H,92,104)(H,93,108)(H,97,98)(H,99,100)(H,112,113)(H4,79,80,81)/t48-,49-,50-,51-,52-,53-,54-,55-,56-,57-,58-,59-/m0/s1. The number of amides is 12. The van der Waals surface area contributed by atoms with E-state index in [-0.39, 0.29) is 138 Å². The number of aliphatic carboxylic acids is 3. The summed E-state index contributed by atoms with van der Waals surface area (Å²) in [7, 11) is 0. The second-order valence-electron chi connectivity index (χ2n) is 28.3. The summed E-state index contributed by atoms with van der Waals surface area (Å²) in [5.41, 5.74) is 30.2. The van der Waals surface area contributed by atoms with E-state index in [1.165, 1.54) is 48.2 Å². The van der Waals surface area contributed by atoms with Gasteiger partial charge in [-0.2, -0.15) is 24.4 Å². The number of thiol groups is 1. The Balaban J connectivity index is 1.99. The quantitative estimate of drug-likeness (QED) is 0.0116. The summed E-state index contributed by atoms with van der Waals surface area (Å²) < 4.78 is 0. The number of phenols is 2. The fourth-order valence-corrected chi connectivity index (χ4v) is 12.3. The van der Waals surface area contributed by atoms with Crippen LogP contribution in [-0.2, 0) is 91.2 Å². The third kappa shape index (κ3) is 38.7. The average Bonchev–Trinajstić information content (AvgIpc) is 0.853. The van der Waals surface area contributed by atoms with Crippen LogP contribution in [0, 0.1) is 11.8 Å². The lowest BCUT2D eigenvalue weighted by Gasteiger charge is -2.28. The molecule has 12 atom stereocenters. The normalized spacial score (nSPS) is 14.2. The Morgan fingerprint density at radius 2 is 0.765 bits per heavy atom. The Labute approximate surface area is 676 Å². The first-order valence-corrected chi connectivity index (χ1v) is 39.7. The van der Waals surface area contributed by atoms with Gasteiger partial charge in [0.15, 0.2) is 5.96 Å². The molecule has 40 heteroatoms. The number of nitrogens with one attached hydrogen (secondary N) is 12. The molecule has 0 fully saturated rings. The number of nitrogens with two attached hydrogens (primary N) is 5. The molecule has 0 heterocycles. The number of carboxylic acids is 3. The highest BCUT2D eigenvalue weighted by Crippen LogP contribution is 2.17. The topological polar surface area (TPSA) is 644 Å². The van der Waals surface area contributed by atoms with Crippen molar-refractivity contribution in [3.8, 4) is 11.5 Å². The van der Waals surface area contributed by atoms with Gasteiger partial charge in [-0.15, -0.1) is 0 Å². The van der Waals surface area contributed by atoms with Crippen LogP contribution in [0.1, 0.15) is 128 Å². The largest absolute Gasteiger partial charge is 0.508 e. The predicted molar refractivity (Wildman–Crippen MR) is 430 cm³/mol. The SMILES string of the molecule is CSCC[C@H](NC(=O)[C@H](CC(=O)O)NC(=O)[C@H](CCCCN)NC(=O)[C@H](CCCN=C(N)N)NC(=O)[C@H](Cc1ccccc1)NC(=O)[C@H](CS)NC(=O)[C@H](Cc1ccc(O)cc1)NC(=O)[C@H](CC(C)C)NC(=O)[C@H](CC(C)C)NC(=O)CNC(=O)[C@@H](N)Cc1ccc(O)cc1)C(=O)N[C@@H](CC(=O)O)C(=O)N[C@@H](CCCCN)C(=O)O. The number of carbonyl (C=O) groups excluding carboxylic acids is 12. The molecule has 3 rings (SSSR count). The van der Waals surface area contributed by atoms with Gasteiger partial charge in [-0.05, 0) is 155 Å². The van der Waals surface area contributed by atoms with Gasteiger partial charge < -0.3 is 118 Å². The molecule has 0 aliphatic carbocycles. The molecule has 3 aromatic carbocycles. The van der Waals surface area contributed by atoms with Crippen LogP contribution in [0.15, 0.2) is 83.9 Å². The van der Waals surface area contributed by atoms with Gasteiger partial charge in [-0.25, -0.2) is 4.79 Å². The van der Waals surface area contributed by atoms with Crippen LogP contribution in [0.3, 0.4) is 0 Å². The molecule has 12 amide bonds. The van der Waals surface area contributed by atoms with E-state index in [1.54, 1.807) is 76.4 Å². The third-order valence-electron chi connectivity index (χ3n) is 17.6. The smallest absolute Gasteiger partial charge is 0.326 e. The highest BCUT2D eigenvalue weighted by atomic mass is 32.2. The van der Waals surface area contributed by atoms with Crippen molar-refractivity contribution >= 4 is 119 Å². The molecule has 38 nitrogen and oxygen atoms in total. The summed E-state index contributed by atoms with van der Waals surface area (Å²) >= 11 is 5.59. The summed E-state index contributed by atoms with van der Waals surface area (Å²) in [4.78, 5) is 211. The van der Waals surface area contributed by atoms with Gasteiger partial charge in [0.1, 0.15) is 78.0 Å². The van der Waals surface area contributed by atoms with Gasteiger partial charge in [-0.1, -0.05) is 82.3 Å². The summed E-state index contributed by atoms with van der Waals surface area (Å²) in [6, 6.07) is 1.32. The number of unbranched alkanes of at least 4 members (excludes halogenated alkanes) is 2. The van der Waals surface area contributed by atoms with E-state index in [9.17, 15) is 97.5 Å². The van der Waals surface area contributed by atoms with Crippen LogP contribution in [0.2, 0.25) is 0 Å². The van der Waals surface area contributed by atoms with E-state index in [0.717, 1.165) is 0 Å². The highest BCUT2D eigenvalue weighted by molar-refractivity contribution is 7.98. The van der Waals surface area contributed by atoms with Gasteiger partial charge in [-0.3, -0.25) is 72.1 Å². The zero-order chi connectivity index (χ0) is 85.9. The number of hydrogen-bond acceptors (Lipinski definition) is 23. The predicted octanol–water partition coefficient (Wildman–Crippen LogP) is -2.98. The minimum absolute atomic E-state index is 0.00469. The van der Waals surface area contributed by atoms with E-state index in [0.29, 0.717) is 23.1 Å². The zero-order valence-electron chi connectivity index (χ0n) is 65.2. The first kappa shape index (κ1) is 98.4. The highest BCUT2D eigenvalue weighted by Gasteiger charge is 2.38. The number of carbonyl (C=O) groups is 15. The minimum atomic E-state index is -2.00. The van der Waals surface area contributed by atoms with Gasteiger partial charge in [0.2, 0.25) is 70.9 Å². The van der Waals surface area contributed by atoms with Gasteiger partial charge >= 0.3 is 17.9 Å². The number of thioether (sulfide) groups is 1. The molecule has 27 N–H and O–H groups in total. The van der Waals surface area contributed by atoms with E-state index >= 15 is 0 Å². The second-order valence-corrected chi connectivity index (χ2v) is 29.6. The number of hydrogen-bond donors (Lipinski definition) is 23. The molecule has 0 radical (unpaired) electrons. The molecule has 0 saturated heterocycles. The Morgan fingerprint density at radius 3 is 1.18 bits per heavy atom. The maximum absolute atomic E-state index is 14.9. The number of aromatic hydroxyl groups is 2. The van der Waals surface area contributed by atoms with Crippen molar-refractivity contribution in [2.75, 3.05) is 43.9 Å². The van der Waals surface area contributed by atoms with Crippen molar-refractivity contribution in [1.82, 2.24) is 63.8 Å². The maximum atomic E-state index is 14.9. The summed E-state index contributed by atoms with van der Waals surface area (Å²) in [6.45, 7) is 6.77. The van der Waals surface area contributed by atoms with Crippen LogP contribution in [-0.4, -0.2) is 237 Å². The monoisotopic (exact) mass is 1650 g/mol. The van der Waals surface area contributed by atoms with Crippen molar-refractivity contribution in [2.24, 2.45) is 45.5 Å². The van der Waals surface area contributed by atoms with Crippen molar-refractivity contribution in [3.63, 3.8) is 0 Å². The minimum Gasteiger partial charge on any atom is -0.508 e. The van der Waals surface area contributed by atoms with Crippen LogP contribution in [0.4, 0.5) is 0 Å². The molecule has 0 aromatic heterocycles. The summed E-state index contributed by atoms with van der Waals surface area (Å²) in [5.74, 6) is -17.6. The van der Waals surface area contributed by atoms with Crippen molar-refractivity contribution < 1.29 is 97.5 Å². The molecule has 636 valence electrons. The molecule has 0 spiro atoms. The van der Waals surface area contributed by atoms with E-state index in [1.807, 2.05) is 0 Å². The summed E-state index contributed by atoms with van der Waals surface area (Å²) in [5, 5.41) is 79.4. The van der Waals surface area contributed by atoms with E-state index < -0.39 is 186 Å². The Kier molecular flexibility index (Phi) is 44.9. The lowest BCUT2D eigenvalue weighted by Crippen LogP contribution is -2.61. The van der Waals surface area contributed by atoms with E-state index in [4.69, 9.17) is 28.7 Å². The molecule has 0 aliphatic rings. The van der Waals surface area contributed by atoms with E-state index in [2.05, 4.69) is 81.4 Å². The zero-order valence-corrected chi connectivity index (χ0v) is 66.9. The number of nitrogens with zero attached hydrogens (tertiary/aromatic N) is 1. The molecule has 0 unspecified atom stereocenters. The molecular formula is C75H114N18O20S2. The fourth-order valence-electron chi connectivity index (χ4n) is 11.5. The molecule has 0 aliphatic heterocycles. The number of carboxylic acid groups (broad SMARTS) is 3. The maximum Gasteiger partial charge on any atom is 0.326 e. The van der Waals surface area contributed by atoms with Crippen molar-refractivity contribution in [3.05, 3.63) is 95.6 Å². The second kappa shape index (κ2) is 52.5. The first-order valence-electron chi connectivity index (χ1n) is 37.7. The van der Waals surface area contributed by atoms with Gasteiger partial charge in [0, 0.05) is 25.1 Å². The summed E-state index contributed by atoms with van der Waals surface area (Å²) in [6.07, 6.45) is -0.566. The fraction of sp³-hybridized carbons (Fsp3) is 0.547. The molecule has 3 aromatic rings. The van der Waals surface area contributed by atoms with Crippen molar-refractivity contribution in [1.29, 1.82) is 0 Å². The molecule has 115 heavy (non-hydrogen) atoms. The number of rotatable bonds is 55. The van der Waals surface area contributed by atoms with Crippen LogP contribution in [0.5, 0.6) is 11.5 Å². The Morgan fingerprint density at radius 1 is 0.417 bits per heavy atom. The van der Waals surface area contributed by atoms with Crippen LogP contribution < -0.4 is 92.5 Å².